The lowest BCUT2D eigenvalue weighted by molar-refractivity contribution is -0.148. The second-order valence-corrected chi connectivity index (χ2v) is 7.34. The smallest absolute Gasteiger partial charge is 0.309 e. The third kappa shape index (κ3) is 4.57. The van der Waals surface area contributed by atoms with E-state index in [2.05, 4.69) is 36.4 Å². The van der Waals surface area contributed by atoms with Gasteiger partial charge in [0, 0.05) is 0 Å². The van der Waals surface area contributed by atoms with Gasteiger partial charge in [0.15, 0.2) is 0 Å². The van der Waals surface area contributed by atoms with E-state index in [-0.39, 0.29) is 11.9 Å². The van der Waals surface area contributed by atoms with E-state index >= 15 is 0 Å². The van der Waals surface area contributed by atoms with Gasteiger partial charge in [0.25, 0.3) is 0 Å². The molecule has 0 fully saturated rings. The molecule has 1 aromatic carbocycles. The van der Waals surface area contributed by atoms with Gasteiger partial charge in [-0.25, -0.2) is 0 Å². The van der Waals surface area contributed by atoms with Crippen LogP contribution in [0.5, 0.6) is 5.75 Å². The predicted molar refractivity (Wildman–Crippen MR) is 104 cm³/mol. The maximum Gasteiger partial charge on any atom is 0.309 e. The van der Waals surface area contributed by atoms with Gasteiger partial charge in [-0.05, 0) is 79.7 Å². The lowest BCUT2D eigenvalue weighted by Gasteiger charge is -2.27. The number of hydrogen-bond donors (Lipinski definition) is 0. The molecule has 0 radical (unpaired) electrons. The van der Waals surface area contributed by atoms with E-state index in [1.54, 1.807) is 7.11 Å². The number of esters is 1. The fourth-order valence-electron chi connectivity index (χ4n) is 3.97. The monoisotopic (exact) mass is 354 g/mol. The summed E-state index contributed by atoms with van der Waals surface area (Å²) in [5.74, 6) is 1.56. The fraction of sp³-hybridized carbons (Fsp3) is 0.522. The lowest BCUT2D eigenvalue weighted by atomic mass is 9.79. The molecule has 2 unspecified atom stereocenters. The second kappa shape index (κ2) is 9.07. The Morgan fingerprint density at radius 2 is 1.73 bits per heavy atom. The molecule has 0 aromatic heterocycles. The quantitative estimate of drug-likeness (QED) is 0.627. The molecule has 2 aliphatic carbocycles. The van der Waals surface area contributed by atoms with Gasteiger partial charge in [-0.2, -0.15) is 0 Å². The van der Waals surface area contributed by atoms with E-state index in [1.165, 1.54) is 23.1 Å². The summed E-state index contributed by atoms with van der Waals surface area (Å²) in [6.45, 7) is 2.57. The molecule has 0 N–H and O–H groups in total. The summed E-state index contributed by atoms with van der Waals surface area (Å²) >= 11 is 0. The molecule has 0 heterocycles. The third-order valence-corrected chi connectivity index (χ3v) is 5.60. The molecule has 3 rings (SSSR count). The molecule has 0 amide bonds. The van der Waals surface area contributed by atoms with Crippen molar-refractivity contribution in [1.29, 1.82) is 0 Å². The van der Waals surface area contributed by atoms with Crippen LogP contribution in [-0.2, 0) is 9.53 Å². The van der Waals surface area contributed by atoms with Crippen LogP contribution in [0.2, 0.25) is 0 Å². The Morgan fingerprint density at radius 3 is 2.27 bits per heavy atom. The average molecular weight is 354 g/mol. The molecule has 0 aliphatic heterocycles. The zero-order valence-electron chi connectivity index (χ0n) is 16.0. The van der Waals surface area contributed by atoms with Crippen molar-refractivity contribution in [1.82, 2.24) is 0 Å². The van der Waals surface area contributed by atoms with Crippen molar-refractivity contribution < 1.29 is 14.3 Å². The highest BCUT2D eigenvalue weighted by Gasteiger charge is 2.25. The number of methoxy groups -OCH3 is 1. The molecule has 0 saturated carbocycles. The Hall–Kier alpha value is -2.03. The van der Waals surface area contributed by atoms with E-state index in [4.69, 9.17) is 9.47 Å². The van der Waals surface area contributed by atoms with E-state index < -0.39 is 0 Å². The first kappa shape index (κ1) is 18.8. The molecule has 26 heavy (non-hydrogen) atoms. The van der Waals surface area contributed by atoms with E-state index in [1.807, 2.05) is 6.92 Å². The topological polar surface area (TPSA) is 35.5 Å². The van der Waals surface area contributed by atoms with Crippen molar-refractivity contribution in [3.8, 4) is 5.75 Å². The summed E-state index contributed by atoms with van der Waals surface area (Å²) in [6, 6.07) is 8.48. The third-order valence-electron chi connectivity index (χ3n) is 5.60. The van der Waals surface area contributed by atoms with Crippen molar-refractivity contribution in [2.45, 2.75) is 57.8 Å². The first-order chi connectivity index (χ1) is 12.7. The van der Waals surface area contributed by atoms with Crippen LogP contribution in [0.4, 0.5) is 0 Å². The molecule has 140 valence electrons. The molecule has 1 aromatic rings. The molecular formula is C23H30O3. The van der Waals surface area contributed by atoms with E-state index in [0.29, 0.717) is 12.5 Å². The second-order valence-electron chi connectivity index (χ2n) is 7.34. The highest BCUT2D eigenvalue weighted by atomic mass is 16.5. The van der Waals surface area contributed by atoms with Crippen LogP contribution < -0.4 is 4.74 Å². The van der Waals surface area contributed by atoms with Gasteiger partial charge in [-0.3, -0.25) is 4.79 Å². The van der Waals surface area contributed by atoms with E-state index in [0.717, 1.165) is 44.3 Å². The van der Waals surface area contributed by atoms with Crippen molar-refractivity contribution in [3.05, 3.63) is 53.1 Å². The first-order valence-electron chi connectivity index (χ1n) is 9.90. The highest BCUT2D eigenvalue weighted by molar-refractivity contribution is 5.73. The summed E-state index contributed by atoms with van der Waals surface area (Å²) < 4.78 is 10.5. The molecule has 2 aliphatic rings. The minimum Gasteiger partial charge on any atom is -0.497 e. The van der Waals surface area contributed by atoms with Crippen LogP contribution >= 0.6 is 0 Å². The maximum atomic E-state index is 12.0. The molecule has 3 nitrogen and oxygen atoms in total. The Morgan fingerprint density at radius 1 is 1.04 bits per heavy atom. The largest absolute Gasteiger partial charge is 0.497 e. The molecule has 2 atom stereocenters. The highest BCUT2D eigenvalue weighted by Crippen LogP contribution is 2.38. The van der Waals surface area contributed by atoms with E-state index in [9.17, 15) is 4.79 Å². The fourth-order valence-corrected chi connectivity index (χ4v) is 3.97. The zero-order valence-corrected chi connectivity index (χ0v) is 16.0. The molecular weight excluding hydrogens is 324 g/mol. The molecule has 0 spiro atoms. The normalized spacial score (nSPS) is 23.0. The Balaban J connectivity index is 1.55. The molecule has 0 saturated heterocycles. The van der Waals surface area contributed by atoms with Crippen molar-refractivity contribution in [3.63, 3.8) is 0 Å². The van der Waals surface area contributed by atoms with Gasteiger partial charge in [0.1, 0.15) is 5.75 Å². The van der Waals surface area contributed by atoms with Crippen molar-refractivity contribution >= 4 is 5.97 Å². The van der Waals surface area contributed by atoms with Crippen LogP contribution in [0.15, 0.2) is 47.6 Å². The Labute approximate surface area is 157 Å². The number of allylic oxidation sites excluding steroid dienone is 4. The SMILES string of the molecule is CCCOC(=O)C1CC=C(C2=CCC(c3ccc(OC)cc3)CC2)CC1. The number of rotatable bonds is 6. The zero-order chi connectivity index (χ0) is 18.4. The maximum absolute atomic E-state index is 12.0. The van der Waals surface area contributed by atoms with Crippen LogP contribution in [0.3, 0.4) is 0 Å². The van der Waals surface area contributed by atoms with Crippen LogP contribution in [-0.4, -0.2) is 19.7 Å². The molecule has 0 bridgehead atoms. The summed E-state index contributed by atoms with van der Waals surface area (Å²) in [5, 5.41) is 0. The minimum atomic E-state index is -0.0145. The molecule has 3 heteroatoms. The predicted octanol–water partition coefficient (Wildman–Crippen LogP) is 5.57. The number of ether oxygens (including phenoxy) is 2. The summed E-state index contributed by atoms with van der Waals surface area (Å²) in [6.07, 6.45) is 11.8. The number of hydrogen-bond acceptors (Lipinski definition) is 3. The first-order valence-corrected chi connectivity index (χ1v) is 9.90. The minimum absolute atomic E-state index is 0.0145. The summed E-state index contributed by atoms with van der Waals surface area (Å²) in [7, 11) is 1.70. The Kier molecular flexibility index (Phi) is 6.54. The summed E-state index contributed by atoms with van der Waals surface area (Å²) in [4.78, 5) is 12.0. The van der Waals surface area contributed by atoms with Crippen molar-refractivity contribution in [2.75, 3.05) is 13.7 Å². The Bertz CT molecular complexity index is 669. The number of carbonyl (C=O) groups excluding carboxylic acids is 1. The number of carbonyl (C=O) groups is 1. The van der Waals surface area contributed by atoms with Gasteiger partial charge >= 0.3 is 5.97 Å². The van der Waals surface area contributed by atoms with Gasteiger partial charge in [0.2, 0.25) is 0 Å². The lowest BCUT2D eigenvalue weighted by Crippen LogP contribution is -2.20. The standard InChI is InChI=1S/C23H30O3/c1-3-16-26-23(24)21-10-8-19(9-11-21)17-4-6-18(7-5-17)20-12-14-22(25-2)15-13-20/h4,8,12-15,18,21H,3,5-7,9-11,16H2,1-2H3. The summed E-state index contributed by atoms with van der Waals surface area (Å²) in [5.41, 5.74) is 4.35. The van der Waals surface area contributed by atoms with Gasteiger partial charge < -0.3 is 9.47 Å². The number of benzene rings is 1. The van der Waals surface area contributed by atoms with Crippen LogP contribution in [0.1, 0.15) is 63.4 Å². The van der Waals surface area contributed by atoms with Crippen LogP contribution in [0.25, 0.3) is 0 Å². The van der Waals surface area contributed by atoms with Gasteiger partial charge in [-0.15, -0.1) is 0 Å². The average Bonchev–Trinajstić information content (AvgIpc) is 2.72. The van der Waals surface area contributed by atoms with Gasteiger partial charge in [0.05, 0.1) is 19.6 Å². The van der Waals surface area contributed by atoms with Crippen LogP contribution in [0, 0.1) is 5.92 Å². The van der Waals surface area contributed by atoms with Crippen molar-refractivity contribution in [2.24, 2.45) is 5.92 Å². The van der Waals surface area contributed by atoms with Gasteiger partial charge in [-0.1, -0.05) is 31.2 Å².